The van der Waals surface area contributed by atoms with Gasteiger partial charge in [-0.15, -0.1) is 0 Å². The fourth-order valence-corrected chi connectivity index (χ4v) is 4.88. The smallest absolute Gasteiger partial charge is 0.407 e. The van der Waals surface area contributed by atoms with Crippen molar-refractivity contribution in [2.24, 2.45) is 11.1 Å². The summed E-state index contributed by atoms with van der Waals surface area (Å²) in [5.74, 6) is -1.86. The van der Waals surface area contributed by atoms with Crippen molar-refractivity contribution in [2.75, 3.05) is 6.61 Å². The molecule has 0 saturated carbocycles. The second-order valence-corrected chi connectivity index (χ2v) is 12.3. The van der Waals surface area contributed by atoms with Crippen LogP contribution < -0.4 is 11.1 Å². The van der Waals surface area contributed by atoms with Crippen molar-refractivity contribution in [2.45, 2.75) is 83.8 Å². The molecule has 3 aromatic rings. The standard InChI is InChI=1S/C36H44F2N2O6/c1-36(2,18-16-33(42)34(43)32(39)24-45-22-25-9-5-3-6-10-25)17-15-30(41)21-29(20-27-19-28(37)13-14-31(27)38)40-35(44)46-23-26-11-7-4-8-12-26/h3-14,19,29,32,34,43H,15-18,20-24,39H2,1-2H3,(H,40,44)/t29?,32-,34+/m1/s1. The molecule has 46 heavy (non-hydrogen) atoms. The molecule has 1 amide bonds. The van der Waals surface area contributed by atoms with Crippen LogP contribution in [0.5, 0.6) is 0 Å². The number of ether oxygens (including phenoxy) is 2. The van der Waals surface area contributed by atoms with Gasteiger partial charge in [-0.2, -0.15) is 0 Å². The van der Waals surface area contributed by atoms with Gasteiger partial charge in [-0.1, -0.05) is 74.5 Å². The van der Waals surface area contributed by atoms with Gasteiger partial charge in [0.25, 0.3) is 0 Å². The number of benzene rings is 3. The van der Waals surface area contributed by atoms with E-state index < -0.39 is 47.1 Å². The molecule has 0 fully saturated rings. The molecule has 3 atom stereocenters. The van der Waals surface area contributed by atoms with Crippen molar-refractivity contribution in [1.29, 1.82) is 0 Å². The third-order valence-electron chi connectivity index (χ3n) is 7.77. The Kier molecular flexibility index (Phi) is 14.5. The second kappa shape index (κ2) is 18.2. The Morgan fingerprint density at radius 3 is 2.15 bits per heavy atom. The maximum absolute atomic E-state index is 14.4. The van der Waals surface area contributed by atoms with Gasteiger partial charge in [0.1, 0.15) is 30.1 Å². The number of halogens is 2. The first-order valence-corrected chi connectivity index (χ1v) is 15.4. The van der Waals surface area contributed by atoms with Crippen LogP contribution in [0.3, 0.4) is 0 Å². The molecule has 0 bridgehead atoms. The van der Waals surface area contributed by atoms with Crippen molar-refractivity contribution in [3.05, 3.63) is 107 Å². The number of Topliss-reactive ketones (excluding diaryl/α,β-unsaturated/α-hetero) is 2. The van der Waals surface area contributed by atoms with E-state index in [1.165, 1.54) is 0 Å². The number of nitrogens with one attached hydrogen (secondary N) is 1. The number of hydrogen-bond acceptors (Lipinski definition) is 7. The summed E-state index contributed by atoms with van der Waals surface area (Å²) in [6, 6.07) is 19.9. The quantitative estimate of drug-likeness (QED) is 0.151. The summed E-state index contributed by atoms with van der Waals surface area (Å²) < 4.78 is 39.1. The number of hydrogen-bond donors (Lipinski definition) is 3. The number of aliphatic hydroxyl groups excluding tert-OH is 1. The fraction of sp³-hybridized carbons (Fsp3) is 0.417. The molecular weight excluding hydrogens is 594 g/mol. The van der Waals surface area contributed by atoms with E-state index in [-0.39, 0.29) is 50.2 Å². The van der Waals surface area contributed by atoms with Gasteiger partial charge in [-0.05, 0) is 59.6 Å². The number of nitrogens with two attached hydrogens (primary N) is 1. The molecule has 248 valence electrons. The average Bonchev–Trinajstić information content (AvgIpc) is 3.04. The normalized spacial score (nSPS) is 13.4. The van der Waals surface area contributed by atoms with E-state index in [0.29, 0.717) is 19.4 Å². The number of alkyl carbamates (subject to hydrolysis) is 1. The molecule has 1 unspecified atom stereocenters. The molecular formula is C36H44F2N2O6. The predicted molar refractivity (Wildman–Crippen MR) is 171 cm³/mol. The van der Waals surface area contributed by atoms with Gasteiger partial charge >= 0.3 is 6.09 Å². The highest BCUT2D eigenvalue weighted by Gasteiger charge is 2.27. The minimum atomic E-state index is -1.37. The zero-order chi connectivity index (χ0) is 33.5. The van der Waals surface area contributed by atoms with Crippen molar-refractivity contribution in [1.82, 2.24) is 5.32 Å². The second-order valence-electron chi connectivity index (χ2n) is 12.3. The van der Waals surface area contributed by atoms with E-state index in [2.05, 4.69) is 5.32 Å². The summed E-state index contributed by atoms with van der Waals surface area (Å²) >= 11 is 0. The highest BCUT2D eigenvalue weighted by Crippen LogP contribution is 2.29. The molecule has 10 heteroatoms. The lowest BCUT2D eigenvalue weighted by atomic mass is 9.81. The van der Waals surface area contributed by atoms with Gasteiger partial charge in [-0.25, -0.2) is 13.6 Å². The highest BCUT2D eigenvalue weighted by molar-refractivity contribution is 5.83. The largest absolute Gasteiger partial charge is 0.445 e. The molecule has 0 spiro atoms. The first-order chi connectivity index (χ1) is 21.9. The van der Waals surface area contributed by atoms with Crippen LogP contribution in [0.15, 0.2) is 78.9 Å². The van der Waals surface area contributed by atoms with Gasteiger partial charge < -0.3 is 25.6 Å². The molecule has 3 aromatic carbocycles. The maximum Gasteiger partial charge on any atom is 0.407 e. The van der Waals surface area contributed by atoms with Crippen LogP contribution in [0.25, 0.3) is 0 Å². The van der Waals surface area contributed by atoms with Crippen molar-refractivity contribution < 1.29 is 37.7 Å². The molecule has 0 radical (unpaired) electrons. The molecule has 0 aromatic heterocycles. The van der Waals surface area contributed by atoms with Crippen LogP contribution >= 0.6 is 0 Å². The van der Waals surface area contributed by atoms with Crippen LogP contribution in [0.1, 0.15) is 62.6 Å². The summed E-state index contributed by atoms with van der Waals surface area (Å²) in [6.45, 7) is 4.19. The summed E-state index contributed by atoms with van der Waals surface area (Å²) in [7, 11) is 0. The molecule has 4 N–H and O–H groups in total. The Balaban J connectivity index is 1.48. The summed E-state index contributed by atoms with van der Waals surface area (Å²) in [6.07, 6.45) is -1.33. The summed E-state index contributed by atoms with van der Waals surface area (Å²) in [5, 5.41) is 13.1. The van der Waals surface area contributed by atoms with Crippen LogP contribution in [0, 0.1) is 17.0 Å². The average molecular weight is 639 g/mol. The third kappa shape index (κ3) is 13.2. The van der Waals surface area contributed by atoms with Crippen molar-refractivity contribution in [3.8, 4) is 0 Å². The minimum absolute atomic E-state index is 0.00882. The van der Waals surface area contributed by atoms with E-state index in [0.717, 1.165) is 29.3 Å². The van der Waals surface area contributed by atoms with E-state index in [1.54, 1.807) is 12.1 Å². The first kappa shape index (κ1) is 36.5. The molecule has 0 aliphatic rings. The van der Waals surface area contributed by atoms with Crippen LogP contribution in [0.4, 0.5) is 13.6 Å². The summed E-state index contributed by atoms with van der Waals surface area (Å²) in [5.41, 5.74) is 7.33. The van der Waals surface area contributed by atoms with Gasteiger partial charge in [0, 0.05) is 25.3 Å². The van der Waals surface area contributed by atoms with Gasteiger partial charge in [0.2, 0.25) is 0 Å². The lowest BCUT2D eigenvalue weighted by molar-refractivity contribution is -0.129. The SMILES string of the molecule is CC(C)(CCC(=O)CC(Cc1cc(F)ccc1F)NC(=O)OCc1ccccc1)CCC(=O)[C@@H](O)[C@H](N)COCc1ccccc1. The molecule has 0 aliphatic heterocycles. The number of aliphatic hydroxyl groups is 1. The first-order valence-electron chi connectivity index (χ1n) is 15.4. The van der Waals surface area contributed by atoms with Gasteiger partial charge in [0.15, 0.2) is 5.78 Å². The maximum atomic E-state index is 14.4. The number of carbonyl (C=O) groups excluding carboxylic acids is 3. The Morgan fingerprint density at radius 2 is 1.50 bits per heavy atom. The van der Waals surface area contributed by atoms with Crippen LogP contribution in [-0.4, -0.2) is 47.6 Å². The van der Waals surface area contributed by atoms with Crippen LogP contribution in [-0.2, 0) is 38.7 Å². The Hall–Kier alpha value is -3.99. The molecule has 3 rings (SSSR count). The van der Waals surface area contributed by atoms with Crippen LogP contribution in [0.2, 0.25) is 0 Å². The molecule has 0 aliphatic carbocycles. The predicted octanol–water partition coefficient (Wildman–Crippen LogP) is 5.82. The highest BCUT2D eigenvalue weighted by atomic mass is 19.1. The van der Waals surface area contributed by atoms with Gasteiger partial charge in [-0.3, -0.25) is 9.59 Å². The minimum Gasteiger partial charge on any atom is -0.445 e. The van der Waals surface area contributed by atoms with Crippen molar-refractivity contribution >= 4 is 17.7 Å². The Morgan fingerprint density at radius 1 is 0.891 bits per heavy atom. The van der Waals surface area contributed by atoms with E-state index in [1.807, 2.05) is 62.4 Å². The number of carbonyl (C=O) groups is 3. The lowest BCUT2D eigenvalue weighted by Gasteiger charge is -2.26. The Bertz CT molecular complexity index is 1400. The zero-order valence-electron chi connectivity index (χ0n) is 26.4. The number of ketones is 2. The van der Waals surface area contributed by atoms with E-state index >= 15 is 0 Å². The molecule has 0 saturated heterocycles. The lowest BCUT2D eigenvalue weighted by Crippen LogP contribution is -2.44. The number of amides is 1. The summed E-state index contributed by atoms with van der Waals surface area (Å²) in [4.78, 5) is 38.3. The topological polar surface area (TPSA) is 128 Å². The third-order valence-corrected chi connectivity index (χ3v) is 7.77. The van der Waals surface area contributed by atoms with Gasteiger partial charge in [0.05, 0.1) is 19.3 Å². The van der Waals surface area contributed by atoms with Crippen molar-refractivity contribution in [3.63, 3.8) is 0 Å². The monoisotopic (exact) mass is 638 g/mol. The zero-order valence-corrected chi connectivity index (χ0v) is 26.4. The molecule has 0 heterocycles. The van der Waals surface area contributed by atoms with E-state index in [4.69, 9.17) is 15.2 Å². The van der Waals surface area contributed by atoms with E-state index in [9.17, 15) is 28.3 Å². The molecule has 8 nitrogen and oxygen atoms in total. The number of rotatable bonds is 19. The Labute approximate surface area is 269 Å². The fourth-order valence-electron chi connectivity index (χ4n) is 4.88.